The number of benzene rings is 2. The summed E-state index contributed by atoms with van der Waals surface area (Å²) in [5.41, 5.74) is 5.35. The van der Waals surface area contributed by atoms with Crippen LogP contribution in [0.2, 0.25) is 5.02 Å². The number of nitrogen functional groups attached to an aromatic ring is 1. The van der Waals surface area contributed by atoms with E-state index in [0.29, 0.717) is 5.75 Å². The number of sulfonamides is 1. The van der Waals surface area contributed by atoms with Crippen molar-refractivity contribution in [3.8, 4) is 5.75 Å². The second-order valence-electron chi connectivity index (χ2n) is 4.11. The molecule has 0 aliphatic rings. The molecule has 0 heterocycles. The predicted molar refractivity (Wildman–Crippen MR) is 79.6 cm³/mol. The minimum atomic E-state index is -4.12. The molecule has 0 unspecified atom stereocenters. The lowest BCUT2D eigenvalue weighted by molar-refractivity contribution is 0.414. The first-order valence-electron chi connectivity index (χ1n) is 5.75. The third-order valence-electron chi connectivity index (χ3n) is 2.68. The Kier molecular flexibility index (Phi) is 4.24. The predicted octanol–water partition coefficient (Wildman–Crippen LogP) is 2.87. The Morgan fingerprint density at radius 1 is 1.29 bits per heavy atom. The van der Waals surface area contributed by atoms with Crippen molar-refractivity contribution in [2.75, 3.05) is 17.6 Å². The molecule has 2 aromatic rings. The highest BCUT2D eigenvalue weighted by atomic mass is 35.5. The zero-order chi connectivity index (χ0) is 15.6. The zero-order valence-corrected chi connectivity index (χ0v) is 12.5. The van der Waals surface area contributed by atoms with Crippen LogP contribution in [0.25, 0.3) is 0 Å². The van der Waals surface area contributed by atoms with Gasteiger partial charge in [-0.3, -0.25) is 4.72 Å². The van der Waals surface area contributed by atoms with Gasteiger partial charge < -0.3 is 10.5 Å². The van der Waals surface area contributed by atoms with Gasteiger partial charge in [-0.05, 0) is 24.3 Å². The number of nitrogens with two attached hydrogens (primary N) is 1. The van der Waals surface area contributed by atoms with Crippen molar-refractivity contribution >= 4 is 33.0 Å². The molecule has 0 aromatic heterocycles. The molecule has 0 saturated heterocycles. The van der Waals surface area contributed by atoms with E-state index in [-0.39, 0.29) is 21.3 Å². The lowest BCUT2D eigenvalue weighted by atomic mass is 10.3. The number of hydrogen-bond acceptors (Lipinski definition) is 4. The van der Waals surface area contributed by atoms with Crippen LogP contribution in [0.5, 0.6) is 5.75 Å². The Bertz CT molecular complexity index is 761. The van der Waals surface area contributed by atoms with Gasteiger partial charge in [-0.15, -0.1) is 0 Å². The van der Waals surface area contributed by atoms with Crippen molar-refractivity contribution in [2.45, 2.75) is 4.90 Å². The minimum absolute atomic E-state index is 0.0293. The molecule has 0 atom stereocenters. The van der Waals surface area contributed by atoms with Crippen molar-refractivity contribution in [2.24, 2.45) is 0 Å². The van der Waals surface area contributed by atoms with Gasteiger partial charge >= 0.3 is 0 Å². The lowest BCUT2D eigenvalue weighted by Gasteiger charge is -2.12. The van der Waals surface area contributed by atoms with E-state index >= 15 is 0 Å². The molecule has 8 heteroatoms. The van der Waals surface area contributed by atoms with Crippen LogP contribution in [0.3, 0.4) is 0 Å². The maximum Gasteiger partial charge on any atom is 0.265 e. The molecule has 2 aromatic carbocycles. The van der Waals surface area contributed by atoms with E-state index in [1.165, 1.54) is 37.4 Å². The monoisotopic (exact) mass is 330 g/mol. The summed E-state index contributed by atoms with van der Waals surface area (Å²) in [6.07, 6.45) is 0. The molecule has 0 aliphatic carbocycles. The summed E-state index contributed by atoms with van der Waals surface area (Å²) in [7, 11) is -2.74. The van der Waals surface area contributed by atoms with Gasteiger partial charge in [0.15, 0.2) is 0 Å². The molecule has 0 bridgehead atoms. The summed E-state index contributed by atoms with van der Waals surface area (Å²) in [5.74, 6) is -0.439. The van der Waals surface area contributed by atoms with E-state index in [1.54, 1.807) is 0 Å². The van der Waals surface area contributed by atoms with Crippen molar-refractivity contribution in [3.05, 3.63) is 47.2 Å². The molecular weight excluding hydrogens is 319 g/mol. The summed E-state index contributed by atoms with van der Waals surface area (Å²) in [4.78, 5) is -0.297. The van der Waals surface area contributed by atoms with Crippen LogP contribution < -0.4 is 15.2 Å². The van der Waals surface area contributed by atoms with Crippen LogP contribution in [-0.2, 0) is 10.0 Å². The van der Waals surface area contributed by atoms with Gasteiger partial charge in [0.05, 0.1) is 23.5 Å². The van der Waals surface area contributed by atoms with E-state index in [1.807, 2.05) is 0 Å². The summed E-state index contributed by atoms with van der Waals surface area (Å²) >= 11 is 5.86. The first-order chi connectivity index (χ1) is 9.85. The Labute approximate surface area is 126 Å². The van der Waals surface area contributed by atoms with Gasteiger partial charge in [0.1, 0.15) is 16.5 Å². The maximum absolute atomic E-state index is 13.7. The lowest BCUT2D eigenvalue weighted by Crippen LogP contribution is -2.16. The van der Waals surface area contributed by atoms with Crippen molar-refractivity contribution < 1.29 is 17.5 Å². The Morgan fingerprint density at radius 2 is 2.00 bits per heavy atom. The van der Waals surface area contributed by atoms with Crippen molar-refractivity contribution in [1.82, 2.24) is 0 Å². The number of ether oxygens (including phenoxy) is 1. The quantitative estimate of drug-likeness (QED) is 0.845. The average Bonchev–Trinajstić information content (AvgIpc) is 2.40. The van der Waals surface area contributed by atoms with Gasteiger partial charge in [0.2, 0.25) is 0 Å². The third kappa shape index (κ3) is 3.20. The fourth-order valence-electron chi connectivity index (χ4n) is 1.71. The third-order valence-corrected chi connectivity index (χ3v) is 4.59. The maximum atomic E-state index is 13.7. The highest BCUT2D eigenvalue weighted by molar-refractivity contribution is 7.93. The minimum Gasteiger partial charge on any atom is -0.497 e. The van der Waals surface area contributed by atoms with Crippen LogP contribution in [-0.4, -0.2) is 15.5 Å². The number of methoxy groups -OCH3 is 1. The fourth-order valence-corrected chi connectivity index (χ4v) is 3.45. The second-order valence-corrected chi connectivity index (χ2v) is 6.14. The van der Waals surface area contributed by atoms with Crippen LogP contribution >= 0.6 is 11.6 Å². The number of nitrogens with one attached hydrogen (secondary N) is 1. The van der Waals surface area contributed by atoms with E-state index in [4.69, 9.17) is 22.1 Å². The largest absolute Gasteiger partial charge is 0.497 e. The molecule has 0 aliphatic heterocycles. The van der Waals surface area contributed by atoms with E-state index < -0.39 is 15.8 Å². The molecule has 0 saturated carbocycles. The van der Waals surface area contributed by atoms with Crippen molar-refractivity contribution in [3.63, 3.8) is 0 Å². The second kappa shape index (κ2) is 5.79. The van der Waals surface area contributed by atoms with E-state index in [2.05, 4.69) is 4.72 Å². The molecular formula is C13H12ClFN2O3S. The Hall–Kier alpha value is -1.99. The van der Waals surface area contributed by atoms with Gasteiger partial charge in [0, 0.05) is 6.07 Å². The van der Waals surface area contributed by atoms with Gasteiger partial charge in [-0.1, -0.05) is 17.7 Å². The normalized spacial score (nSPS) is 11.2. The molecule has 5 nitrogen and oxygen atoms in total. The van der Waals surface area contributed by atoms with Crippen LogP contribution in [0, 0.1) is 5.82 Å². The molecule has 0 spiro atoms. The highest BCUT2D eigenvalue weighted by Crippen LogP contribution is 2.30. The molecule has 0 radical (unpaired) electrons. The number of hydrogen-bond donors (Lipinski definition) is 2. The molecule has 2 rings (SSSR count). The molecule has 112 valence electrons. The number of halogens is 2. The van der Waals surface area contributed by atoms with E-state index in [9.17, 15) is 12.8 Å². The first kappa shape index (κ1) is 15.4. The van der Waals surface area contributed by atoms with Crippen molar-refractivity contribution in [1.29, 1.82) is 0 Å². The van der Waals surface area contributed by atoms with Gasteiger partial charge in [-0.25, -0.2) is 12.8 Å². The molecule has 3 N–H and O–H groups in total. The topological polar surface area (TPSA) is 81.4 Å². The van der Waals surface area contributed by atoms with Crippen LogP contribution in [0.1, 0.15) is 0 Å². The number of rotatable bonds is 4. The van der Waals surface area contributed by atoms with Gasteiger partial charge in [0.25, 0.3) is 10.0 Å². The Balaban J connectivity index is 2.47. The summed E-state index contributed by atoms with van der Waals surface area (Å²) in [6.45, 7) is 0. The fraction of sp³-hybridized carbons (Fsp3) is 0.0769. The number of anilines is 2. The summed E-state index contributed by atoms with van der Waals surface area (Å²) in [6, 6.07) is 7.98. The van der Waals surface area contributed by atoms with Gasteiger partial charge in [-0.2, -0.15) is 0 Å². The summed E-state index contributed by atoms with van der Waals surface area (Å²) in [5, 5.41) is -0.0502. The van der Waals surface area contributed by atoms with E-state index in [0.717, 1.165) is 6.07 Å². The summed E-state index contributed by atoms with van der Waals surface area (Å²) < 4.78 is 45.4. The molecule has 0 fully saturated rings. The first-order valence-corrected chi connectivity index (χ1v) is 7.61. The SMILES string of the molecule is COc1ccc(F)c(NS(=O)(=O)c2c(N)cccc2Cl)c1. The highest BCUT2D eigenvalue weighted by Gasteiger charge is 2.22. The van der Waals surface area contributed by atoms with Crippen LogP contribution in [0.15, 0.2) is 41.3 Å². The smallest absolute Gasteiger partial charge is 0.265 e. The van der Waals surface area contributed by atoms with Crippen LogP contribution in [0.4, 0.5) is 15.8 Å². The zero-order valence-electron chi connectivity index (χ0n) is 10.9. The average molecular weight is 331 g/mol. The standard InChI is InChI=1S/C13H12ClFN2O3S/c1-20-8-5-6-10(15)12(7-8)17-21(18,19)13-9(14)3-2-4-11(13)16/h2-7,17H,16H2,1H3. The Morgan fingerprint density at radius 3 is 2.62 bits per heavy atom. The molecule has 0 amide bonds. The molecule has 21 heavy (non-hydrogen) atoms.